The van der Waals surface area contributed by atoms with E-state index in [-0.39, 0.29) is 54.3 Å². The number of anilines is 3. The zero-order chi connectivity index (χ0) is 38.3. The number of morpholine rings is 1. The Morgan fingerprint density at radius 1 is 1.04 bits per heavy atom. The van der Waals surface area contributed by atoms with Crippen LogP contribution in [0.2, 0.25) is 0 Å². The number of nitrogens with one attached hydrogen (secondary N) is 1. The van der Waals surface area contributed by atoms with Crippen molar-refractivity contribution >= 4 is 29.4 Å². The number of hydrogen-bond acceptors (Lipinski definition) is 10. The van der Waals surface area contributed by atoms with Crippen LogP contribution in [0.5, 0.6) is 0 Å². The van der Waals surface area contributed by atoms with E-state index in [1.807, 2.05) is 4.90 Å². The SMILES string of the molecule is CC[C@@H]1C[C@H](Nc2ncc(N3CCOCC3)c(Cc3cc(C#N)cc(C(F)(F)F)c3)n2)c2nc(C(F)(F)F)ccc2N1C(=O)OCCCCCC(=O)O. The number of unbranched alkanes of at least 4 members (excludes halogenated alkanes) is 2. The van der Waals surface area contributed by atoms with E-state index >= 15 is 0 Å². The van der Waals surface area contributed by atoms with Gasteiger partial charge in [-0.25, -0.2) is 19.7 Å². The fourth-order valence-electron chi connectivity index (χ4n) is 6.33. The molecule has 0 unspecified atom stereocenters. The lowest BCUT2D eigenvalue weighted by atomic mass is 9.93. The normalized spacial score (nSPS) is 17.5. The summed E-state index contributed by atoms with van der Waals surface area (Å²) in [5, 5.41) is 21.3. The summed E-state index contributed by atoms with van der Waals surface area (Å²) in [6.07, 6.45) is -7.24. The second-order valence-corrected chi connectivity index (χ2v) is 12.6. The van der Waals surface area contributed by atoms with E-state index in [4.69, 9.17) is 14.6 Å². The van der Waals surface area contributed by atoms with E-state index in [2.05, 4.69) is 20.3 Å². The van der Waals surface area contributed by atoms with Gasteiger partial charge in [-0.2, -0.15) is 31.6 Å². The van der Waals surface area contributed by atoms with Gasteiger partial charge in [0.05, 0.1) is 72.0 Å². The number of fused-ring (bicyclic) bond motifs is 1. The van der Waals surface area contributed by atoms with Crippen molar-refractivity contribution in [2.45, 2.75) is 76.3 Å². The van der Waals surface area contributed by atoms with Gasteiger partial charge in [0.1, 0.15) is 5.69 Å². The molecule has 0 spiro atoms. The largest absolute Gasteiger partial charge is 0.481 e. The fraction of sp³-hybridized carbons (Fsp3) is 0.486. The number of halogens is 6. The fourth-order valence-corrected chi connectivity index (χ4v) is 6.33. The maximum Gasteiger partial charge on any atom is 0.433 e. The highest BCUT2D eigenvalue weighted by atomic mass is 19.4. The molecule has 53 heavy (non-hydrogen) atoms. The smallest absolute Gasteiger partial charge is 0.433 e. The Kier molecular flexibility index (Phi) is 12.3. The predicted octanol–water partition coefficient (Wildman–Crippen LogP) is 7.13. The van der Waals surface area contributed by atoms with E-state index < -0.39 is 47.8 Å². The molecule has 2 aromatic heterocycles. The first kappa shape index (κ1) is 39.0. The van der Waals surface area contributed by atoms with Gasteiger partial charge in [0.2, 0.25) is 5.95 Å². The highest BCUT2D eigenvalue weighted by molar-refractivity contribution is 5.90. The van der Waals surface area contributed by atoms with Gasteiger partial charge in [0, 0.05) is 32.0 Å². The van der Waals surface area contributed by atoms with Crippen molar-refractivity contribution in [2.75, 3.05) is 48.0 Å². The van der Waals surface area contributed by atoms with Gasteiger partial charge in [0.15, 0.2) is 0 Å². The second kappa shape index (κ2) is 16.7. The minimum atomic E-state index is -4.81. The third kappa shape index (κ3) is 9.83. The average molecular weight is 750 g/mol. The molecule has 2 atom stereocenters. The molecule has 1 aromatic carbocycles. The molecule has 0 aliphatic carbocycles. The molecule has 2 N–H and O–H groups in total. The number of carbonyl (C=O) groups is 2. The maximum atomic E-state index is 13.9. The van der Waals surface area contributed by atoms with E-state index in [1.54, 1.807) is 13.0 Å². The number of amides is 1. The molecule has 0 saturated carbocycles. The minimum Gasteiger partial charge on any atom is -0.481 e. The number of nitriles is 1. The first-order valence-electron chi connectivity index (χ1n) is 17.0. The van der Waals surface area contributed by atoms with Crippen molar-refractivity contribution in [1.29, 1.82) is 5.26 Å². The molecule has 5 rings (SSSR count). The van der Waals surface area contributed by atoms with Crippen LogP contribution in [-0.4, -0.2) is 71.1 Å². The second-order valence-electron chi connectivity index (χ2n) is 12.6. The van der Waals surface area contributed by atoms with Crippen LogP contribution < -0.4 is 15.1 Å². The molecule has 1 fully saturated rings. The monoisotopic (exact) mass is 749 g/mol. The number of rotatable bonds is 12. The van der Waals surface area contributed by atoms with Crippen molar-refractivity contribution in [3.8, 4) is 6.07 Å². The van der Waals surface area contributed by atoms with Crippen molar-refractivity contribution in [3.63, 3.8) is 0 Å². The van der Waals surface area contributed by atoms with Crippen LogP contribution in [0.3, 0.4) is 0 Å². The summed E-state index contributed by atoms with van der Waals surface area (Å²) in [4.78, 5) is 40.3. The van der Waals surface area contributed by atoms with Crippen LogP contribution in [0, 0.1) is 11.3 Å². The molecule has 12 nitrogen and oxygen atoms in total. The zero-order valence-electron chi connectivity index (χ0n) is 28.6. The van der Waals surface area contributed by atoms with Crippen LogP contribution in [-0.2, 0) is 33.0 Å². The number of carboxylic acids is 1. The van der Waals surface area contributed by atoms with Crippen molar-refractivity contribution in [1.82, 2.24) is 15.0 Å². The average Bonchev–Trinajstić information content (AvgIpc) is 3.12. The number of ether oxygens (including phenoxy) is 2. The molecule has 284 valence electrons. The number of carbonyl (C=O) groups excluding carboxylic acids is 1. The lowest BCUT2D eigenvalue weighted by Gasteiger charge is -2.39. The Bertz CT molecular complexity index is 1830. The third-order valence-electron chi connectivity index (χ3n) is 8.91. The van der Waals surface area contributed by atoms with E-state index in [9.17, 15) is 41.2 Å². The number of alkyl halides is 6. The number of pyridine rings is 1. The van der Waals surface area contributed by atoms with Crippen LogP contribution >= 0.6 is 0 Å². The van der Waals surface area contributed by atoms with Gasteiger partial charge < -0.3 is 24.8 Å². The molecule has 1 saturated heterocycles. The van der Waals surface area contributed by atoms with Gasteiger partial charge in [-0.05, 0) is 68.0 Å². The molecule has 0 bridgehead atoms. The quantitative estimate of drug-likeness (QED) is 0.144. The van der Waals surface area contributed by atoms with Crippen molar-refractivity contribution in [3.05, 3.63) is 70.3 Å². The molecule has 0 radical (unpaired) electrons. The van der Waals surface area contributed by atoms with Gasteiger partial charge in [-0.3, -0.25) is 9.69 Å². The standard InChI is InChI=1S/C35H37F6N7O5/c1-2-24-18-26(31-27(7-8-29(46-31)35(39,40)41)48(24)33(51)53-11-5-3-4-6-30(49)50)45-32-43-20-28(47-9-12-52-13-10-47)25(44-32)17-21-14-22(19-42)16-23(15-21)34(36,37)38/h7-8,14-16,20,24,26H,2-6,9-13,17-18H2,1H3,(H,49,50)(H,43,44,45)/t24-,26+/m1/s1. The summed E-state index contributed by atoms with van der Waals surface area (Å²) >= 11 is 0. The molecular weight excluding hydrogens is 712 g/mol. The topological polar surface area (TPSA) is 154 Å². The molecular formula is C35H37F6N7O5. The number of nitrogens with zero attached hydrogens (tertiary/aromatic N) is 6. The van der Waals surface area contributed by atoms with Gasteiger partial charge in [-0.15, -0.1) is 0 Å². The Hall–Kier alpha value is -5.18. The number of aromatic nitrogens is 3. The highest BCUT2D eigenvalue weighted by Gasteiger charge is 2.41. The first-order chi connectivity index (χ1) is 25.2. The summed E-state index contributed by atoms with van der Waals surface area (Å²) in [7, 11) is 0. The Morgan fingerprint density at radius 2 is 1.79 bits per heavy atom. The molecule has 4 heterocycles. The third-order valence-corrected chi connectivity index (χ3v) is 8.91. The highest BCUT2D eigenvalue weighted by Crippen LogP contribution is 2.41. The molecule has 2 aliphatic heterocycles. The lowest BCUT2D eigenvalue weighted by Crippen LogP contribution is -2.46. The lowest BCUT2D eigenvalue weighted by molar-refractivity contribution is -0.141. The number of carboxylic acid groups (broad SMARTS) is 1. The Balaban J connectivity index is 1.48. The van der Waals surface area contributed by atoms with Gasteiger partial charge in [0.25, 0.3) is 0 Å². The summed E-state index contributed by atoms with van der Waals surface area (Å²) in [6.45, 7) is 3.44. The molecule has 18 heteroatoms. The van der Waals surface area contributed by atoms with Crippen LogP contribution in [0.25, 0.3) is 0 Å². The van der Waals surface area contributed by atoms with Gasteiger partial charge >= 0.3 is 24.4 Å². The Morgan fingerprint density at radius 3 is 2.45 bits per heavy atom. The molecule has 2 aliphatic rings. The van der Waals surface area contributed by atoms with E-state index in [0.717, 1.165) is 24.3 Å². The summed E-state index contributed by atoms with van der Waals surface area (Å²) < 4.78 is 93.8. The van der Waals surface area contributed by atoms with Crippen LogP contribution in [0.1, 0.15) is 85.3 Å². The van der Waals surface area contributed by atoms with Gasteiger partial charge in [-0.1, -0.05) is 6.92 Å². The summed E-state index contributed by atoms with van der Waals surface area (Å²) in [5.74, 6) is -0.974. The predicted molar refractivity (Wildman–Crippen MR) is 178 cm³/mol. The van der Waals surface area contributed by atoms with Crippen LogP contribution in [0.15, 0.2) is 36.5 Å². The number of benzene rings is 1. The van der Waals surface area contributed by atoms with Crippen molar-refractivity contribution in [2.24, 2.45) is 0 Å². The van der Waals surface area contributed by atoms with E-state index in [1.165, 1.54) is 17.2 Å². The molecule has 1 amide bonds. The molecule has 3 aromatic rings. The zero-order valence-corrected chi connectivity index (χ0v) is 28.6. The first-order valence-corrected chi connectivity index (χ1v) is 17.0. The maximum absolute atomic E-state index is 13.9. The number of hydrogen-bond donors (Lipinski definition) is 2. The number of aliphatic carboxylic acids is 1. The minimum absolute atomic E-state index is 0.0235. The van der Waals surface area contributed by atoms with Crippen LogP contribution in [0.4, 0.5) is 48.5 Å². The summed E-state index contributed by atoms with van der Waals surface area (Å²) in [5.41, 5.74) is -1.41. The summed E-state index contributed by atoms with van der Waals surface area (Å²) in [6, 6.07) is 5.24. The Labute approximate surface area is 300 Å². The van der Waals surface area contributed by atoms with E-state index in [0.29, 0.717) is 63.4 Å². The van der Waals surface area contributed by atoms with Crippen molar-refractivity contribution < 1.29 is 50.5 Å².